The molecule has 0 heterocycles. The summed E-state index contributed by atoms with van der Waals surface area (Å²) in [6, 6.07) is 0. The van der Waals surface area contributed by atoms with E-state index in [2.05, 4.69) is 13.8 Å². The van der Waals surface area contributed by atoms with Crippen molar-refractivity contribution in [1.29, 1.82) is 0 Å². The first-order valence-electron chi connectivity index (χ1n) is 17.6. The van der Waals surface area contributed by atoms with Crippen molar-refractivity contribution in [1.82, 2.24) is 0 Å². The van der Waals surface area contributed by atoms with Gasteiger partial charge in [-0.2, -0.15) is 0 Å². The van der Waals surface area contributed by atoms with E-state index in [1.165, 1.54) is 180 Å². The van der Waals surface area contributed by atoms with Gasteiger partial charge in [0.15, 0.2) is 0 Å². The predicted molar refractivity (Wildman–Crippen MR) is 178 cm³/mol. The molecule has 0 saturated heterocycles. The average Bonchev–Trinajstić information content (AvgIpc) is 2.92. The van der Waals surface area contributed by atoms with Crippen LogP contribution < -0.4 is 0 Å². The van der Waals surface area contributed by atoms with Crippen LogP contribution in [0.2, 0.25) is 0 Å². The maximum atomic E-state index is 11.9. The molecule has 1 unspecified atom stereocenters. The van der Waals surface area contributed by atoms with Crippen molar-refractivity contribution in [2.75, 3.05) is 13.2 Å². The van der Waals surface area contributed by atoms with Crippen LogP contribution >= 0.6 is 8.25 Å². The zero-order valence-electron chi connectivity index (χ0n) is 26.4. The summed E-state index contributed by atoms with van der Waals surface area (Å²) in [4.78, 5) is 0. The van der Waals surface area contributed by atoms with E-state index in [-0.39, 0.29) is 29.6 Å². The van der Waals surface area contributed by atoms with Gasteiger partial charge in [-0.15, -0.1) is 0 Å². The molecule has 0 bridgehead atoms. The van der Waals surface area contributed by atoms with Crippen LogP contribution in [0.1, 0.15) is 206 Å². The molecule has 0 aliphatic rings. The zero-order valence-corrected chi connectivity index (χ0v) is 27.4. The van der Waals surface area contributed by atoms with Crippen LogP contribution in [0.25, 0.3) is 0 Å². The van der Waals surface area contributed by atoms with Crippen molar-refractivity contribution in [3.05, 3.63) is 0 Å². The van der Waals surface area contributed by atoms with Gasteiger partial charge in [0.25, 0.3) is 0 Å². The molecule has 0 aliphatic heterocycles. The summed E-state index contributed by atoms with van der Waals surface area (Å²) in [7, 11) is -2.28. The van der Waals surface area contributed by atoms with Crippen LogP contribution in [0, 0.1) is 0 Å². The Morgan fingerprint density at radius 1 is 0.333 bits per heavy atom. The summed E-state index contributed by atoms with van der Waals surface area (Å²) in [6.45, 7) is 5.76. The Bertz CT molecular complexity index is 450. The van der Waals surface area contributed by atoms with Crippen molar-refractivity contribution < 1.29 is 13.6 Å². The van der Waals surface area contributed by atoms with E-state index in [9.17, 15) is 4.57 Å². The summed E-state index contributed by atoms with van der Waals surface area (Å²) in [5.74, 6) is 0. The number of rotatable bonds is 34. The topological polar surface area (TPSA) is 35.5 Å². The number of hydrogen-bond acceptors (Lipinski definition) is 3. The van der Waals surface area contributed by atoms with Crippen molar-refractivity contribution in [2.24, 2.45) is 0 Å². The van der Waals surface area contributed by atoms with Crippen LogP contribution in [0.4, 0.5) is 0 Å². The van der Waals surface area contributed by atoms with E-state index in [0.717, 1.165) is 12.8 Å². The van der Waals surface area contributed by atoms with Crippen LogP contribution in [-0.4, -0.2) is 42.8 Å². The minimum absolute atomic E-state index is 0. The van der Waals surface area contributed by atoms with E-state index < -0.39 is 8.25 Å². The first kappa shape index (κ1) is 42.3. The van der Waals surface area contributed by atoms with Crippen LogP contribution in [-0.2, 0) is 13.6 Å². The fourth-order valence-electron chi connectivity index (χ4n) is 5.30. The molecule has 0 N–H and O–H groups in total. The molecule has 0 aromatic rings. The molecule has 0 spiro atoms. The monoisotopic (exact) mass is 583 g/mol. The van der Waals surface area contributed by atoms with Crippen molar-refractivity contribution in [3.8, 4) is 0 Å². The Morgan fingerprint density at radius 2 is 0.513 bits per heavy atom. The first-order valence-corrected chi connectivity index (χ1v) is 18.8. The molecule has 0 saturated carbocycles. The maximum absolute atomic E-state index is 11.9. The standard InChI is InChI=1S/C34H71O3P.Na.H/c1-3-5-7-9-11-13-15-17-19-20-22-24-26-28-30-32-34-37-38(35)36-33-31-29-27-25-23-21-18-16-14-12-10-8-6-4-2;;/h38H,3-34H2,1-2H3;;. The fraction of sp³-hybridized carbons (Fsp3) is 1.00. The molecule has 0 radical (unpaired) electrons. The van der Waals surface area contributed by atoms with Gasteiger partial charge in [-0.1, -0.05) is 194 Å². The average molecular weight is 583 g/mol. The van der Waals surface area contributed by atoms with Crippen molar-refractivity contribution >= 4 is 37.8 Å². The van der Waals surface area contributed by atoms with E-state index in [1.54, 1.807) is 0 Å². The van der Waals surface area contributed by atoms with Crippen LogP contribution in [0.15, 0.2) is 0 Å². The van der Waals surface area contributed by atoms with Gasteiger partial charge >= 0.3 is 37.8 Å². The Hall–Kier alpha value is 1.15. The first-order chi connectivity index (χ1) is 18.8. The van der Waals surface area contributed by atoms with Gasteiger partial charge in [-0.3, -0.25) is 4.57 Å². The molecule has 0 fully saturated rings. The van der Waals surface area contributed by atoms with E-state index in [4.69, 9.17) is 9.05 Å². The molecule has 5 heteroatoms. The Kier molecular flexibility index (Phi) is 42.4. The summed E-state index contributed by atoms with van der Waals surface area (Å²) >= 11 is 0. The molecule has 3 nitrogen and oxygen atoms in total. The Morgan fingerprint density at radius 3 is 0.718 bits per heavy atom. The molecule has 232 valence electrons. The van der Waals surface area contributed by atoms with Gasteiger partial charge in [0.1, 0.15) is 0 Å². The predicted octanol–water partition coefficient (Wildman–Crippen LogP) is 12.5. The second-order valence-corrected chi connectivity index (χ2v) is 12.9. The van der Waals surface area contributed by atoms with Crippen molar-refractivity contribution in [2.45, 2.75) is 206 Å². The van der Waals surface area contributed by atoms with Crippen LogP contribution in [0.3, 0.4) is 0 Å². The minimum atomic E-state index is -2.28. The Labute approximate surface area is 269 Å². The van der Waals surface area contributed by atoms with E-state index in [0.29, 0.717) is 13.2 Å². The van der Waals surface area contributed by atoms with Gasteiger partial charge in [-0.05, 0) is 12.8 Å². The molecule has 0 aromatic carbocycles. The second kappa shape index (κ2) is 39.1. The van der Waals surface area contributed by atoms with Gasteiger partial charge in [0, 0.05) is 0 Å². The fourth-order valence-corrected chi connectivity index (χ4v) is 6.00. The molecule has 0 aromatic heterocycles. The molecule has 0 rings (SSSR count). The molecule has 1 atom stereocenters. The summed E-state index contributed by atoms with van der Waals surface area (Å²) in [6.07, 6.45) is 40.8. The zero-order chi connectivity index (χ0) is 27.6. The van der Waals surface area contributed by atoms with Gasteiger partial charge in [0.05, 0.1) is 13.2 Å². The van der Waals surface area contributed by atoms with Gasteiger partial charge < -0.3 is 9.05 Å². The normalized spacial score (nSPS) is 12.1. The third-order valence-electron chi connectivity index (χ3n) is 7.94. The summed E-state index contributed by atoms with van der Waals surface area (Å²) in [5, 5.41) is 0. The molecule has 39 heavy (non-hydrogen) atoms. The van der Waals surface area contributed by atoms with E-state index >= 15 is 0 Å². The number of hydrogen-bond donors (Lipinski definition) is 0. The van der Waals surface area contributed by atoms with Crippen LogP contribution in [0.5, 0.6) is 0 Å². The van der Waals surface area contributed by atoms with E-state index in [1.807, 2.05) is 0 Å². The second-order valence-electron chi connectivity index (χ2n) is 11.8. The molecular weight excluding hydrogens is 510 g/mol. The third-order valence-corrected chi connectivity index (χ3v) is 8.82. The SMILES string of the molecule is CCCCCCCCCCCCCCCCCCO[PH](=O)OCCCCCCCCCCCCCCCC.[NaH]. The quantitative estimate of drug-likeness (QED) is 0.0430. The third kappa shape index (κ3) is 39.1. The number of unbranched alkanes of at least 4 members (excludes halogenated alkanes) is 28. The summed E-state index contributed by atoms with van der Waals surface area (Å²) in [5.41, 5.74) is 0. The van der Waals surface area contributed by atoms with Gasteiger partial charge in [-0.25, -0.2) is 0 Å². The summed E-state index contributed by atoms with van der Waals surface area (Å²) < 4.78 is 22.7. The molecule has 0 aliphatic carbocycles. The van der Waals surface area contributed by atoms with Gasteiger partial charge in [0.2, 0.25) is 0 Å². The van der Waals surface area contributed by atoms with Crippen molar-refractivity contribution in [3.63, 3.8) is 0 Å². The molecular formula is C34H72NaO3P. The Balaban J connectivity index is 0. The molecule has 0 amide bonds.